The van der Waals surface area contributed by atoms with Crippen molar-refractivity contribution in [3.05, 3.63) is 47.3 Å². The molecule has 0 saturated carbocycles. The minimum Gasteiger partial charge on any atom is -0.478 e. The first-order chi connectivity index (χ1) is 8.97. The Labute approximate surface area is 109 Å². The molecule has 0 atom stereocenters. The zero-order valence-electron chi connectivity index (χ0n) is 10.5. The van der Waals surface area contributed by atoms with E-state index >= 15 is 0 Å². The van der Waals surface area contributed by atoms with E-state index in [4.69, 9.17) is 5.11 Å². The minimum atomic E-state index is -1.04. The molecule has 6 nitrogen and oxygen atoms in total. The van der Waals surface area contributed by atoms with E-state index in [1.807, 2.05) is 6.92 Å². The first-order valence-corrected chi connectivity index (χ1v) is 5.62. The summed E-state index contributed by atoms with van der Waals surface area (Å²) in [5, 5.41) is 15.5. The van der Waals surface area contributed by atoms with Crippen LogP contribution in [0, 0.1) is 6.92 Å². The third-order valence-corrected chi connectivity index (χ3v) is 2.71. The van der Waals surface area contributed by atoms with Crippen LogP contribution in [0.5, 0.6) is 0 Å². The molecule has 2 N–H and O–H groups in total. The minimum absolute atomic E-state index is 0.120. The molecule has 6 heteroatoms. The number of aromatic nitrogens is 2. The molecule has 0 unspecified atom stereocenters. The molecule has 1 aromatic heterocycles. The van der Waals surface area contributed by atoms with Gasteiger partial charge < -0.3 is 10.4 Å². The number of rotatable bonds is 3. The Hall–Kier alpha value is -2.63. The van der Waals surface area contributed by atoms with Crippen LogP contribution in [0.2, 0.25) is 0 Å². The molecule has 0 aliphatic heterocycles. The van der Waals surface area contributed by atoms with Crippen molar-refractivity contribution < 1.29 is 14.7 Å². The summed E-state index contributed by atoms with van der Waals surface area (Å²) in [6.07, 6.45) is 0. The molecular weight excluding hydrogens is 246 g/mol. The van der Waals surface area contributed by atoms with Crippen molar-refractivity contribution >= 4 is 17.6 Å². The average Bonchev–Trinajstić information content (AvgIpc) is 2.70. The van der Waals surface area contributed by atoms with Crippen molar-refractivity contribution in [3.8, 4) is 0 Å². The number of aryl methyl sites for hydroxylation is 2. The second kappa shape index (κ2) is 4.93. The Balaban J connectivity index is 2.19. The molecule has 0 aliphatic carbocycles. The van der Waals surface area contributed by atoms with Crippen LogP contribution in [-0.2, 0) is 7.05 Å². The summed E-state index contributed by atoms with van der Waals surface area (Å²) in [6, 6.07) is 7.72. The van der Waals surface area contributed by atoms with E-state index in [0.717, 1.165) is 5.69 Å². The fraction of sp³-hybridized carbons (Fsp3) is 0.154. The van der Waals surface area contributed by atoms with E-state index in [-0.39, 0.29) is 11.5 Å². The number of carboxylic acids is 1. The van der Waals surface area contributed by atoms with Crippen molar-refractivity contribution in [3.63, 3.8) is 0 Å². The number of benzene rings is 1. The Kier molecular flexibility index (Phi) is 3.33. The van der Waals surface area contributed by atoms with Gasteiger partial charge in [-0.3, -0.25) is 9.48 Å². The summed E-state index contributed by atoms with van der Waals surface area (Å²) in [6.45, 7) is 1.84. The Morgan fingerprint density at radius 1 is 1.32 bits per heavy atom. The maximum absolute atomic E-state index is 11.9. The fourth-order valence-corrected chi connectivity index (χ4v) is 1.60. The molecule has 2 aromatic rings. The number of nitrogens with one attached hydrogen (secondary N) is 1. The molecule has 0 fully saturated rings. The molecule has 98 valence electrons. The molecule has 19 heavy (non-hydrogen) atoms. The summed E-state index contributed by atoms with van der Waals surface area (Å²) in [5.41, 5.74) is 1.70. The summed E-state index contributed by atoms with van der Waals surface area (Å²) >= 11 is 0. The van der Waals surface area contributed by atoms with E-state index in [1.165, 1.54) is 12.1 Å². The van der Waals surface area contributed by atoms with E-state index in [2.05, 4.69) is 10.4 Å². The van der Waals surface area contributed by atoms with Crippen LogP contribution in [0.1, 0.15) is 26.5 Å². The van der Waals surface area contributed by atoms with Gasteiger partial charge in [0.1, 0.15) is 0 Å². The quantitative estimate of drug-likeness (QED) is 0.878. The van der Waals surface area contributed by atoms with Gasteiger partial charge in [0.15, 0.2) is 5.69 Å². The van der Waals surface area contributed by atoms with Gasteiger partial charge in [-0.15, -0.1) is 0 Å². The van der Waals surface area contributed by atoms with Crippen molar-refractivity contribution in [2.45, 2.75) is 6.92 Å². The largest absolute Gasteiger partial charge is 0.478 e. The van der Waals surface area contributed by atoms with Gasteiger partial charge in [-0.05, 0) is 31.2 Å². The molecule has 2 rings (SSSR count). The van der Waals surface area contributed by atoms with Crippen molar-refractivity contribution in [1.29, 1.82) is 0 Å². The average molecular weight is 259 g/mol. The topological polar surface area (TPSA) is 84.2 Å². The Bertz CT molecular complexity index is 627. The monoisotopic (exact) mass is 259 g/mol. The van der Waals surface area contributed by atoms with Crippen molar-refractivity contribution in [2.24, 2.45) is 7.05 Å². The van der Waals surface area contributed by atoms with Gasteiger partial charge in [-0.2, -0.15) is 5.10 Å². The maximum atomic E-state index is 11.9. The summed E-state index contributed by atoms with van der Waals surface area (Å²) in [5.74, 6) is -1.41. The van der Waals surface area contributed by atoms with E-state index < -0.39 is 5.97 Å². The summed E-state index contributed by atoms with van der Waals surface area (Å²) < 4.78 is 1.60. The highest BCUT2D eigenvalue weighted by Crippen LogP contribution is 2.12. The molecule has 0 radical (unpaired) electrons. The summed E-state index contributed by atoms with van der Waals surface area (Å²) in [4.78, 5) is 22.8. The van der Waals surface area contributed by atoms with E-state index in [0.29, 0.717) is 11.4 Å². The molecule has 0 bridgehead atoms. The number of hydrogen-bond acceptors (Lipinski definition) is 3. The predicted octanol–water partition coefficient (Wildman–Crippen LogP) is 1.68. The van der Waals surface area contributed by atoms with Crippen LogP contribution in [0.4, 0.5) is 5.69 Å². The zero-order valence-corrected chi connectivity index (χ0v) is 10.5. The van der Waals surface area contributed by atoms with Crippen LogP contribution >= 0.6 is 0 Å². The number of carbonyl (C=O) groups excluding carboxylic acids is 1. The molecule has 0 aliphatic rings. The number of carbonyl (C=O) groups is 2. The number of anilines is 1. The maximum Gasteiger partial charge on any atom is 0.335 e. The predicted molar refractivity (Wildman–Crippen MR) is 69.3 cm³/mol. The standard InChI is InChI=1S/C13H13N3O3/c1-8-6-11(15-16(8)2)12(17)14-10-5-3-4-9(7-10)13(18)19/h3-7H,1-2H3,(H,14,17)(H,18,19). The molecule has 1 heterocycles. The van der Waals surface area contributed by atoms with Gasteiger partial charge in [0.2, 0.25) is 0 Å². The summed E-state index contributed by atoms with van der Waals surface area (Å²) in [7, 11) is 1.75. The van der Waals surface area contributed by atoms with Gasteiger partial charge in [-0.1, -0.05) is 6.07 Å². The van der Waals surface area contributed by atoms with E-state index in [1.54, 1.807) is 29.9 Å². The van der Waals surface area contributed by atoms with Gasteiger partial charge >= 0.3 is 5.97 Å². The lowest BCUT2D eigenvalue weighted by Gasteiger charge is -2.03. The van der Waals surface area contributed by atoms with Gasteiger partial charge in [0.25, 0.3) is 5.91 Å². The number of hydrogen-bond donors (Lipinski definition) is 2. The molecule has 0 spiro atoms. The highest BCUT2D eigenvalue weighted by molar-refractivity contribution is 6.03. The van der Waals surface area contributed by atoms with Crippen LogP contribution in [0.25, 0.3) is 0 Å². The lowest BCUT2D eigenvalue weighted by Crippen LogP contribution is -2.13. The van der Waals surface area contributed by atoms with Gasteiger partial charge in [0.05, 0.1) is 5.56 Å². The SMILES string of the molecule is Cc1cc(C(=O)Nc2cccc(C(=O)O)c2)nn1C. The van der Waals surface area contributed by atoms with Crippen molar-refractivity contribution in [1.82, 2.24) is 9.78 Å². The Morgan fingerprint density at radius 3 is 2.63 bits per heavy atom. The highest BCUT2D eigenvalue weighted by atomic mass is 16.4. The fourth-order valence-electron chi connectivity index (χ4n) is 1.60. The third kappa shape index (κ3) is 2.79. The van der Waals surface area contributed by atoms with Crippen LogP contribution in [0.3, 0.4) is 0 Å². The van der Waals surface area contributed by atoms with Crippen LogP contribution < -0.4 is 5.32 Å². The van der Waals surface area contributed by atoms with Crippen LogP contribution in [0.15, 0.2) is 30.3 Å². The second-order valence-electron chi connectivity index (χ2n) is 4.13. The third-order valence-electron chi connectivity index (χ3n) is 2.71. The van der Waals surface area contributed by atoms with E-state index in [9.17, 15) is 9.59 Å². The lowest BCUT2D eigenvalue weighted by atomic mass is 10.2. The van der Waals surface area contributed by atoms with Gasteiger partial charge in [0, 0.05) is 18.4 Å². The molecule has 1 aromatic carbocycles. The lowest BCUT2D eigenvalue weighted by molar-refractivity contribution is 0.0696. The number of amides is 1. The zero-order chi connectivity index (χ0) is 14.0. The molecule has 0 saturated heterocycles. The molecule has 1 amide bonds. The first-order valence-electron chi connectivity index (χ1n) is 5.62. The highest BCUT2D eigenvalue weighted by Gasteiger charge is 2.12. The normalized spacial score (nSPS) is 10.2. The Morgan fingerprint density at radius 2 is 2.05 bits per heavy atom. The number of aromatic carboxylic acids is 1. The van der Waals surface area contributed by atoms with Crippen LogP contribution in [-0.4, -0.2) is 26.8 Å². The number of carboxylic acid groups (broad SMARTS) is 1. The second-order valence-corrected chi connectivity index (χ2v) is 4.13. The number of nitrogens with zero attached hydrogens (tertiary/aromatic N) is 2. The molecular formula is C13H13N3O3. The van der Waals surface area contributed by atoms with Crippen molar-refractivity contribution in [2.75, 3.05) is 5.32 Å². The first kappa shape index (κ1) is 12.8. The smallest absolute Gasteiger partial charge is 0.335 e. The van der Waals surface area contributed by atoms with Gasteiger partial charge in [-0.25, -0.2) is 4.79 Å².